The number of rotatable bonds is 6. The van der Waals surface area contributed by atoms with Crippen molar-refractivity contribution in [2.24, 2.45) is 0 Å². The lowest BCUT2D eigenvalue weighted by molar-refractivity contribution is 1.25. The molecule has 0 aliphatic heterocycles. The smallest absolute Gasteiger partial charge is 0.0793 e. The minimum absolute atomic E-state index is 0.126. The first-order chi connectivity index (χ1) is 20.6. The zero-order chi connectivity index (χ0) is 30.5. The van der Waals surface area contributed by atoms with Crippen molar-refractivity contribution in [1.82, 2.24) is 0 Å². The molecule has 0 unspecified atom stereocenters. The number of fused-ring (bicyclic) bond motifs is 1. The van der Waals surface area contributed by atoms with Crippen molar-refractivity contribution in [3.05, 3.63) is 147 Å². The van der Waals surface area contributed by atoms with Crippen molar-refractivity contribution >= 4 is 52.4 Å². The van der Waals surface area contributed by atoms with Gasteiger partial charge in [-0.1, -0.05) is 123 Å². The summed E-state index contributed by atoms with van der Waals surface area (Å²) < 4.78 is 0. The van der Waals surface area contributed by atoms with Crippen LogP contribution in [0.2, 0.25) is 0 Å². The summed E-state index contributed by atoms with van der Waals surface area (Å²) in [5, 5.41) is 4.41. The van der Waals surface area contributed by atoms with E-state index in [2.05, 4.69) is 158 Å². The van der Waals surface area contributed by atoms with E-state index in [1.165, 1.54) is 77.1 Å². The molecule has 2 heteroatoms. The maximum Gasteiger partial charge on any atom is 0.247 e. The number of hydrogen-bond donors (Lipinski definition) is 0. The normalized spacial score (nSPS) is 12.5. The number of aryl methyl sites for hydroxylation is 7. The molecule has 0 saturated heterocycles. The number of hydrogen-bond acceptors (Lipinski definition) is 0. The van der Waals surface area contributed by atoms with Crippen molar-refractivity contribution in [1.29, 1.82) is 0 Å². The second kappa shape index (κ2) is 11.4. The fourth-order valence-corrected chi connectivity index (χ4v) is 11.7. The summed E-state index contributed by atoms with van der Waals surface area (Å²) in [6.07, 6.45) is 5.82. The molecule has 0 heterocycles. The third kappa shape index (κ3) is 5.03. The lowest BCUT2D eigenvalue weighted by Gasteiger charge is -2.32. The van der Waals surface area contributed by atoms with E-state index in [9.17, 15) is 0 Å². The molecule has 0 radical (unpaired) electrons. The maximum atomic E-state index is 2.58. The molecule has 0 N–H and O–H groups in total. The molecule has 43 heavy (non-hydrogen) atoms. The van der Waals surface area contributed by atoms with Gasteiger partial charge in [0.1, 0.15) is 23.2 Å². The van der Waals surface area contributed by atoms with Crippen molar-refractivity contribution < 1.29 is 0 Å². The molecule has 0 amide bonds. The number of allylic oxidation sites excluding steroid dienone is 1. The molecule has 6 rings (SSSR count). The van der Waals surface area contributed by atoms with Crippen molar-refractivity contribution in [2.45, 2.75) is 54.9 Å². The van der Waals surface area contributed by atoms with Gasteiger partial charge in [-0.25, -0.2) is 0 Å². The first kappa shape index (κ1) is 29.4. The van der Waals surface area contributed by atoms with Crippen LogP contribution in [-0.4, -0.2) is 13.4 Å². The molecule has 0 nitrogen and oxygen atoms in total. The molecule has 214 valence electrons. The Kier molecular flexibility index (Phi) is 7.83. The standard InChI is InChI=1S/C41H43BP/c1-27-22-30(4)39(31(5)23-27)42(40-32(6)24-28(2)25-33(40)7)38-26-29(3)36-20-15-21-37(36)41(38)43(8,34-16-11-9-12-17-34)35-18-13-10-14-19-35/h9-19,21-26H,20H2,1-8H3/q+1. The summed E-state index contributed by atoms with van der Waals surface area (Å²) in [4.78, 5) is 0. The van der Waals surface area contributed by atoms with E-state index in [0.29, 0.717) is 0 Å². The highest BCUT2D eigenvalue weighted by Gasteiger charge is 2.47. The third-order valence-electron chi connectivity index (χ3n) is 9.67. The van der Waals surface area contributed by atoms with Crippen LogP contribution in [0.1, 0.15) is 50.1 Å². The minimum Gasteiger partial charge on any atom is -0.0793 e. The topological polar surface area (TPSA) is 0 Å². The Morgan fingerprint density at radius 3 is 1.44 bits per heavy atom. The molecule has 5 aromatic carbocycles. The Morgan fingerprint density at radius 1 is 0.558 bits per heavy atom. The monoisotopic (exact) mass is 577 g/mol. The zero-order valence-corrected chi connectivity index (χ0v) is 27.9. The van der Waals surface area contributed by atoms with E-state index >= 15 is 0 Å². The van der Waals surface area contributed by atoms with Crippen molar-refractivity contribution in [2.75, 3.05) is 6.66 Å². The Balaban J connectivity index is 1.82. The molecular weight excluding hydrogens is 534 g/mol. The van der Waals surface area contributed by atoms with Gasteiger partial charge in [-0.15, -0.1) is 0 Å². The highest BCUT2D eigenvalue weighted by molar-refractivity contribution is 7.95. The molecule has 0 aromatic heterocycles. The van der Waals surface area contributed by atoms with Crippen LogP contribution >= 0.6 is 7.26 Å². The van der Waals surface area contributed by atoms with Crippen LogP contribution in [0.25, 0.3) is 6.08 Å². The van der Waals surface area contributed by atoms with Gasteiger partial charge < -0.3 is 0 Å². The SMILES string of the molecule is Cc1cc(C)c(B(c2cc(C)c3c(c2[P+](C)(c2ccccc2)c2ccccc2)C=CC3)c2c(C)cc(C)cc2C)c(C)c1. The predicted molar refractivity (Wildman–Crippen MR) is 195 cm³/mol. The van der Waals surface area contributed by atoms with E-state index < -0.39 is 7.26 Å². The molecule has 1 aliphatic carbocycles. The van der Waals surface area contributed by atoms with Gasteiger partial charge in [-0.2, -0.15) is 0 Å². The fourth-order valence-electron chi connectivity index (χ4n) is 7.97. The quantitative estimate of drug-likeness (QED) is 0.153. The summed E-state index contributed by atoms with van der Waals surface area (Å²) in [6.45, 7) is 18.8. The molecular formula is C41H43BP+. The summed E-state index contributed by atoms with van der Waals surface area (Å²) in [5.74, 6) is 0. The Bertz CT molecular complexity index is 1720. The van der Waals surface area contributed by atoms with E-state index in [-0.39, 0.29) is 6.71 Å². The van der Waals surface area contributed by atoms with E-state index in [1.807, 2.05) is 0 Å². The zero-order valence-electron chi connectivity index (χ0n) is 27.0. The molecule has 5 aromatic rings. The highest BCUT2D eigenvalue weighted by atomic mass is 31.2. The van der Waals surface area contributed by atoms with Gasteiger partial charge in [-0.05, 0) is 95.7 Å². The second-order valence-corrected chi connectivity index (χ2v) is 16.4. The molecule has 0 atom stereocenters. The maximum absolute atomic E-state index is 2.58. The highest BCUT2D eigenvalue weighted by Crippen LogP contribution is 2.53. The molecule has 0 saturated carbocycles. The van der Waals surface area contributed by atoms with Gasteiger partial charge in [-0.3, -0.25) is 0 Å². The Hall–Kier alpha value is -3.67. The van der Waals surface area contributed by atoms with Crippen LogP contribution in [0, 0.1) is 48.5 Å². The molecule has 1 aliphatic rings. The molecule has 0 bridgehead atoms. The summed E-state index contributed by atoms with van der Waals surface area (Å²) in [6, 6.07) is 34.8. The summed E-state index contributed by atoms with van der Waals surface area (Å²) in [5.41, 5.74) is 16.9. The largest absolute Gasteiger partial charge is 0.247 e. The average molecular weight is 578 g/mol. The summed E-state index contributed by atoms with van der Waals surface area (Å²) in [7, 11) is -2.05. The van der Waals surface area contributed by atoms with Crippen LogP contribution < -0.4 is 32.3 Å². The van der Waals surface area contributed by atoms with Gasteiger partial charge in [0, 0.05) is 5.56 Å². The van der Waals surface area contributed by atoms with Gasteiger partial charge in [0.2, 0.25) is 6.71 Å². The fraction of sp³-hybridized carbons (Fsp3) is 0.220. The van der Waals surface area contributed by atoms with Gasteiger partial charge in [0.15, 0.2) is 0 Å². The van der Waals surface area contributed by atoms with Crippen LogP contribution in [0.4, 0.5) is 0 Å². The van der Waals surface area contributed by atoms with Gasteiger partial charge in [0.25, 0.3) is 0 Å². The number of benzene rings is 5. The average Bonchev–Trinajstić information content (AvgIpc) is 3.46. The van der Waals surface area contributed by atoms with Crippen LogP contribution in [-0.2, 0) is 6.42 Å². The van der Waals surface area contributed by atoms with Crippen LogP contribution in [0.3, 0.4) is 0 Å². The Morgan fingerprint density at radius 2 is 1.00 bits per heavy atom. The Labute approximate surface area is 260 Å². The van der Waals surface area contributed by atoms with E-state index in [4.69, 9.17) is 0 Å². The molecule has 0 fully saturated rings. The second-order valence-electron chi connectivity index (χ2n) is 12.9. The molecule has 0 spiro atoms. The minimum atomic E-state index is -2.05. The van der Waals surface area contributed by atoms with E-state index in [1.54, 1.807) is 5.30 Å². The van der Waals surface area contributed by atoms with Crippen molar-refractivity contribution in [3.63, 3.8) is 0 Å². The van der Waals surface area contributed by atoms with Gasteiger partial charge >= 0.3 is 0 Å². The summed E-state index contributed by atoms with van der Waals surface area (Å²) >= 11 is 0. The predicted octanol–water partition coefficient (Wildman–Crippen LogP) is 6.85. The van der Waals surface area contributed by atoms with Crippen LogP contribution in [0.5, 0.6) is 0 Å². The first-order valence-corrected chi connectivity index (χ1v) is 17.8. The first-order valence-electron chi connectivity index (χ1n) is 15.6. The van der Waals surface area contributed by atoms with Gasteiger partial charge in [0.05, 0.1) is 6.66 Å². The van der Waals surface area contributed by atoms with Crippen molar-refractivity contribution in [3.8, 4) is 0 Å². The van der Waals surface area contributed by atoms with Crippen LogP contribution in [0.15, 0.2) is 97.1 Å². The third-order valence-corrected chi connectivity index (χ3v) is 13.7. The lowest BCUT2D eigenvalue weighted by Crippen LogP contribution is -2.61. The van der Waals surface area contributed by atoms with E-state index in [0.717, 1.165) is 6.42 Å². The lowest BCUT2D eigenvalue weighted by atomic mass is 9.34.